The largest absolute Gasteiger partial charge is 0.302 e. The lowest BCUT2D eigenvalue weighted by Gasteiger charge is -2.24. The van der Waals surface area contributed by atoms with E-state index in [1.54, 1.807) is 18.2 Å². The Labute approximate surface area is 136 Å². The van der Waals surface area contributed by atoms with Gasteiger partial charge in [0.15, 0.2) is 0 Å². The molecule has 0 fully saturated rings. The van der Waals surface area contributed by atoms with Crippen LogP contribution in [0.4, 0.5) is 0 Å². The Morgan fingerprint density at radius 2 is 1.68 bits per heavy atom. The summed E-state index contributed by atoms with van der Waals surface area (Å²) in [5, 5.41) is 8.73. The van der Waals surface area contributed by atoms with Crippen molar-refractivity contribution >= 4 is 0 Å². The van der Waals surface area contributed by atoms with Gasteiger partial charge in [0.2, 0.25) is 0 Å². The maximum absolute atomic E-state index is 8.73. The molecule has 0 radical (unpaired) electrons. The third kappa shape index (κ3) is 9.52. The van der Waals surface area contributed by atoms with E-state index >= 15 is 0 Å². The van der Waals surface area contributed by atoms with E-state index in [9.17, 15) is 0 Å². The number of likely N-dealkylation sites (N-methyl/N-ethyl adjacent to an activating group) is 1. The van der Waals surface area contributed by atoms with Crippen molar-refractivity contribution in [3.63, 3.8) is 0 Å². The van der Waals surface area contributed by atoms with E-state index in [0.29, 0.717) is 0 Å². The highest BCUT2D eigenvalue weighted by molar-refractivity contribution is 5.39. The second-order valence-electron chi connectivity index (χ2n) is 4.46. The third-order valence-electron chi connectivity index (χ3n) is 2.71. The minimum atomic E-state index is 0.781. The molecule has 1 aromatic rings. The molecule has 0 aromatic heterocycles. The van der Waals surface area contributed by atoms with Crippen LogP contribution in [0, 0.1) is 11.3 Å². The Kier molecular flexibility index (Phi) is 15.0. The molecule has 2 heteroatoms. The molecule has 22 heavy (non-hydrogen) atoms. The monoisotopic (exact) mass is 296 g/mol. The highest BCUT2D eigenvalue weighted by Gasteiger charge is 2.12. The zero-order valence-electron chi connectivity index (χ0n) is 14.0. The number of nitriles is 1. The van der Waals surface area contributed by atoms with E-state index in [1.165, 1.54) is 11.1 Å². The fraction of sp³-hybridized carbons (Fsp3) is 0.250. The Balaban J connectivity index is 0. The van der Waals surface area contributed by atoms with E-state index < -0.39 is 0 Å². The second-order valence-corrected chi connectivity index (χ2v) is 4.46. The lowest BCUT2D eigenvalue weighted by molar-refractivity contribution is 0.313. The summed E-state index contributed by atoms with van der Waals surface area (Å²) in [7, 11) is 2.13. The van der Waals surface area contributed by atoms with Gasteiger partial charge in [-0.25, -0.2) is 0 Å². The van der Waals surface area contributed by atoms with Gasteiger partial charge in [0.1, 0.15) is 0 Å². The minimum Gasteiger partial charge on any atom is -0.302 e. The lowest BCUT2D eigenvalue weighted by atomic mass is 9.98. The quantitative estimate of drug-likeness (QED) is 0.544. The number of rotatable bonds is 1. The molecule has 0 spiro atoms. The molecule has 0 amide bonds. The van der Waals surface area contributed by atoms with Crippen LogP contribution in [-0.4, -0.2) is 18.5 Å². The van der Waals surface area contributed by atoms with Crippen LogP contribution in [0.25, 0.3) is 0 Å². The summed E-state index contributed by atoms with van der Waals surface area (Å²) >= 11 is 0. The maximum atomic E-state index is 8.73. The van der Waals surface area contributed by atoms with Gasteiger partial charge in [-0.2, -0.15) is 5.26 Å². The molecule has 1 aliphatic rings. The first-order valence-corrected chi connectivity index (χ1v) is 7.13. The molecule has 0 unspecified atom stereocenters. The first-order chi connectivity index (χ1) is 10.6. The van der Waals surface area contributed by atoms with E-state index in [-0.39, 0.29) is 0 Å². The van der Waals surface area contributed by atoms with Crippen molar-refractivity contribution in [2.24, 2.45) is 0 Å². The fourth-order valence-corrected chi connectivity index (χ4v) is 1.76. The smallest absolute Gasteiger partial charge is 0.0991 e. The van der Waals surface area contributed by atoms with Crippen LogP contribution < -0.4 is 0 Å². The van der Waals surface area contributed by atoms with Crippen LogP contribution in [-0.2, 0) is 13.0 Å². The molecular formula is C20H28N2. The van der Waals surface area contributed by atoms with Crippen LogP contribution >= 0.6 is 0 Å². The van der Waals surface area contributed by atoms with Crippen LogP contribution in [0.15, 0.2) is 69.3 Å². The Morgan fingerprint density at radius 3 is 2.14 bits per heavy atom. The molecule has 0 bridgehead atoms. The predicted octanol–water partition coefficient (Wildman–Crippen LogP) is 4.90. The predicted molar refractivity (Wildman–Crippen MR) is 98.7 cm³/mol. The molecule has 1 aromatic carbocycles. The van der Waals surface area contributed by atoms with Gasteiger partial charge in [-0.3, -0.25) is 0 Å². The summed E-state index contributed by atoms with van der Waals surface area (Å²) in [6, 6.07) is 8.16. The topological polar surface area (TPSA) is 27.0 Å². The Bertz CT molecular complexity index is 489. The van der Waals surface area contributed by atoms with Gasteiger partial charge in [-0.1, -0.05) is 37.5 Å². The molecule has 1 aliphatic heterocycles. The van der Waals surface area contributed by atoms with Crippen molar-refractivity contribution in [1.82, 2.24) is 4.90 Å². The van der Waals surface area contributed by atoms with Crippen LogP contribution in [0.2, 0.25) is 0 Å². The average Bonchev–Trinajstić information content (AvgIpc) is 2.57. The number of benzene rings is 1. The van der Waals surface area contributed by atoms with E-state index in [1.807, 2.05) is 19.1 Å². The van der Waals surface area contributed by atoms with Crippen LogP contribution in [0.3, 0.4) is 0 Å². The van der Waals surface area contributed by atoms with Crippen molar-refractivity contribution in [1.29, 1.82) is 5.26 Å². The summed E-state index contributed by atoms with van der Waals surface area (Å²) in [5.74, 6) is 0. The average molecular weight is 296 g/mol. The highest BCUT2D eigenvalue weighted by atomic mass is 15.1. The SMILES string of the molecule is C=C.C=CC.C=CC=C.CN1CCc2cc(C#N)ccc2C1. The molecule has 1 heterocycles. The first-order valence-electron chi connectivity index (χ1n) is 7.13. The van der Waals surface area contributed by atoms with Gasteiger partial charge in [0.25, 0.3) is 0 Å². The molecule has 0 atom stereocenters. The molecule has 2 rings (SSSR count). The van der Waals surface area contributed by atoms with Gasteiger partial charge in [-0.05, 0) is 43.7 Å². The van der Waals surface area contributed by atoms with Crippen molar-refractivity contribution < 1.29 is 0 Å². The third-order valence-corrected chi connectivity index (χ3v) is 2.71. The molecular weight excluding hydrogens is 268 g/mol. The minimum absolute atomic E-state index is 0.781. The van der Waals surface area contributed by atoms with E-state index in [2.05, 4.69) is 57.0 Å². The molecule has 0 saturated carbocycles. The standard InChI is InChI=1S/C11H12N2.C4H6.C3H6.C2H4/c1-13-5-4-10-6-9(7-12)2-3-11(10)8-13;1-3-4-2;1-3-2;1-2/h2-3,6H,4-5,8H2,1H3;3-4H,1-2H2;3H,1H2,2H3;1-2H2. The number of hydrogen-bond acceptors (Lipinski definition) is 2. The van der Waals surface area contributed by atoms with Crippen LogP contribution in [0.5, 0.6) is 0 Å². The van der Waals surface area contributed by atoms with E-state index in [0.717, 1.165) is 25.1 Å². The summed E-state index contributed by atoms with van der Waals surface area (Å²) in [5.41, 5.74) is 3.49. The van der Waals surface area contributed by atoms with E-state index in [4.69, 9.17) is 5.26 Å². The van der Waals surface area contributed by atoms with Crippen molar-refractivity contribution in [2.45, 2.75) is 19.9 Å². The summed E-state index contributed by atoms with van der Waals surface area (Å²) in [4.78, 5) is 2.30. The fourth-order valence-electron chi connectivity index (χ4n) is 1.76. The van der Waals surface area contributed by atoms with Crippen molar-refractivity contribution in [3.05, 3.63) is 86.0 Å². The normalized spacial score (nSPS) is 11.3. The number of allylic oxidation sites excluding steroid dienone is 3. The zero-order valence-corrected chi connectivity index (χ0v) is 14.0. The number of hydrogen-bond donors (Lipinski definition) is 0. The zero-order chi connectivity index (χ0) is 17.4. The Hall–Kier alpha value is -2.37. The van der Waals surface area contributed by atoms with Gasteiger partial charge in [0, 0.05) is 13.1 Å². The summed E-state index contributed by atoms with van der Waals surface area (Å²) < 4.78 is 0. The maximum Gasteiger partial charge on any atom is 0.0991 e. The second kappa shape index (κ2) is 15.0. The summed E-state index contributed by atoms with van der Waals surface area (Å²) in [6.07, 6.45) is 6.10. The number of fused-ring (bicyclic) bond motifs is 1. The number of nitrogens with zero attached hydrogens (tertiary/aromatic N) is 2. The first kappa shape index (κ1) is 21.9. The highest BCUT2D eigenvalue weighted by Crippen LogP contribution is 2.18. The Morgan fingerprint density at radius 1 is 1.14 bits per heavy atom. The molecule has 0 N–H and O–H groups in total. The van der Waals surface area contributed by atoms with Crippen molar-refractivity contribution in [3.8, 4) is 6.07 Å². The van der Waals surface area contributed by atoms with Gasteiger partial charge in [-0.15, -0.1) is 19.7 Å². The lowest BCUT2D eigenvalue weighted by Crippen LogP contribution is -2.26. The molecule has 0 saturated heterocycles. The van der Waals surface area contributed by atoms with Gasteiger partial charge in [0.05, 0.1) is 11.6 Å². The molecule has 0 aliphatic carbocycles. The molecule has 118 valence electrons. The van der Waals surface area contributed by atoms with Gasteiger partial charge >= 0.3 is 0 Å². The van der Waals surface area contributed by atoms with Gasteiger partial charge < -0.3 is 4.90 Å². The van der Waals surface area contributed by atoms with Crippen LogP contribution in [0.1, 0.15) is 23.6 Å². The van der Waals surface area contributed by atoms with Crippen molar-refractivity contribution in [2.75, 3.05) is 13.6 Å². The molecule has 2 nitrogen and oxygen atoms in total. The summed E-state index contributed by atoms with van der Waals surface area (Å²) in [6.45, 7) is 20.1.